The van der Waals surface area contributed by atoms with Gasteiger partial charge < -0.3 is 4.74 Å². The van der Waals surface area contributed by atoms with Gasteiger partial charge in [-0.2, -0.15) is 11.8 Å². The Hall–Kier alpha value is 0.190. The van der Waals surface area contributed by atoms with Crippen LogP contribution in [0.25, 0.3) is 0 Å². The molecule has 0 aromatic rings. The number of hydrazine groups is 1. The minimum absolute atomic E-state index is 0.648. The number of morpholine rings is 1. The Labute approximate surface area is 108 Å². The molecule has 5 heteroatoms. The Balaban J connectivity index is 1.65. The molecule has 4 nitrogen and oxygen atoms in total. The molecule has 1 unspecified atom stereocenters. The summed E-state index contributed by atoms with van der Waals surface area (Å²) in [5.41, 5.74) is 0. The minimum Gasteiger partial charge on any atom is -0.379 e. The fourth-order valence-electron chi connectivity index (χ4n) is 3.06. The van der Waals surface area contributed by atoms with Crippen LogP contribution in [0.1, 0.15) is 12.8 Å². The molecule has 3 heterocycles. The minimum atomic E-state index is 0.648. The molecular formula is C12H23N3OS. The number of likely N-dealkylation sites (tertiary alicyclic amines) is 1. The molecule has 17 heavy (non-hydrogen) atoms. The van der Waals surface area contributed by atoms with Gasteiger partial charge in [0, 0.05) is 31.1 Å². The van der Waals surface area contributed by atoms with Gasteiger partial charge in [-0.05, 0) is 25.9 Å². The molecule has 3 rings (SSSR count). The molecule has 98 valence electrons. The summed E-state index contributed by atoms with van der Waals surface area (Å²) in [6, 6.07) is 0. The smallest absolute Gasteiger partial charge is 0.0852 e. The third-order valence-electron chi connectivity index (χ3n) is 3.99. The second-order valence-electron chi connectivity index (χ2n) is 5.03. The Morgan fingerprint density at radius 2 is 1.71 bits per heavy atom. The predicted octanol–water partition coefficient (Wildman–Crippen LogP) is 0.704. The van der Waals surface area contributed by atoms with E-state index in [0.717, 1.165) is 26.3 Å². The lowest BCUT2D eigenvalue weighted by atomic mass is 10.4. The second kappa shape index (κ2) is 5.89. The zero-order valence-electron chi connectivity index (χ0n) is 10.5. The Morgan fingerprint density at radius 1 is 0.941 bits per heavy atom. The summed E-state index contributed by atoms with van der Waals surface area (Å²) in [4.78, 5) is 2.68. The van der Waals surface area contributed by atoms with Crippen LogP contribution in [0.3, 0.4) is 0 Å². The third-order valence-corrected chi connectivity index (χ3v) is 4.99. The predicted molar refractivity (Wildman–Crippen MR) is 71.0 cm³/mol. The zero-order chi connectivity index (χ0) is 11.5. The van der Waals surface area contributed by atoms with E-state index in [-0.39, 0.29) is 0 Å². The molecule has 0 amide bonds. The van der Waals surface area contributed by atoms with Crippen molar-refractivity contribution in [1.82, 2.24) is 14.9 Å². The summed E-state index contributed by atoms with van der Waals surface area (Å²) in [5, 5.41) is 5.16. The number of hydrogen-bond donors (Lipinski definition) is 0. The van der Waals surface area contributed by atoms with E-state index in [2.05, 4.69) is 26.7 Å². The van der Waals surface area contributed by atoms with Gasteiger partial charge in [0.05, 0.1) is 19.4 Å². The van der Waals surface area contributed by atoms with Crippen LogP contribution in [0.2, 0.25) is 0 Å². The molecule has 0 N–H and O–H groups in total. The molecule has 0 saturated carbocycles. The first-order chi connectivity index (χ1) is 8.45. The molecule has 3 saturated heterocycles. The summed E-state index contributed by atoms with van der Waals surface area (Å²) in [6.07, 6.45) is 3.42. The Bertz CT molecular complexity index is 242. The highest BCUT2D eigenvalue weighted by Crippen LogP contribution is 2.24. The quantitative estimate of drug-likeness (QED) is 0.723. The topological polar surface area (TPSA) is 19.0 Å². The van der Waals surface area contributed by atoms with Crippen LogP contribution in [0.4, 0.5) is 0 Å². The summed E-state index contributed by atoms with van der Waals surface area (Å²) in [5.74, 6) is 2.55. The lowest BCUT2D eigenvalue weighted by Crippen LogP contribution is -2.61. The van der Waals surface area contributed by atoms with Gasteiger partial charge in [0.25, 0.3) is 0 Å². The van der Waals surface area contributed by atoms with Gasteiger partial charge in [-0.1, -0.05) is 0 Å². The summed E-state index contributed by atoms with van der Waals surface area (Å²) >= 11 is 2.12. The van der Waals surface area contributed by atoms with Crippen molar-refractivity contribution in [3.05, 3.63) is 0 Å². The normalized spacial score (nSPS) is 34.2. The molecule has 0 aromatic heterocycles. The van der Waals surface area contributed by atoms with Crippen LogP contribution >= 0.6 is 11.8 Å². The Morgan fingerprint density at radius 3 is 2.47 bits per heavy atom. The van der Waals surface area contributed by atoms with Crippen LogP contribution in [0.5, 0.6) is 0 Å². The molecule has 0 aromatic carbocycles. The number of ether oxygens (including phenoxy) is 1. The van der Waals surface area contributed by atoms with Gasteiger partial charge in [0.15, 0.2) is 0 Å². The van der Waals surface area contributed by atoms with E-state index in [1.165, 1.54) is 44.0 Å². The van der Waals surface area contributed by atoms with Crippen molar-refractivity contribution in [2.24, 2.45) is 0 Å². The average Bonchev–Trinajstić information content (AvgIpc) is 2.94. The molecule has 0 aliphatic carbocycles. The van der Waals surface area contributed by atoms with Gasteiger partial charge in [-0.3, -0.25) is 4.90 Å². The number of nitrogens with zero attached hydrogens (tertiary/aromatic N) is 3. The van der Waals surface area contributed by atoms with E-state index < -0.39 is 0 Å². The van der Waals surface area contributed by atoms with Gasteiger partial charge in [0.2, 0.25) is 0 Å². The van der Waals surface area contributed by atoms with Crippen LogP contribution in [-0.4, -0.2) is 78.5 Å². The van der Waals surface area contributed by atoms with Crippen molar-refractivity contribution < 1.29 is 4.74 Å². The molecule has 0 bridgehead atoms. The molecule has 3 aliphatic heterocycles. The maximum absolute atomic E-state index is 5.46. The average molecular weight is 257 g/mol. The number of thioether (sulfide) groups is 1. The maximum atomic E-state index is 5.46. The van der Waals surface area contributed by atoms with Gasteiger partial charge in [-0.25, -0.2) is 10.0 Å². The van der Waals surface area contributed by atoms with E-state index >= 15 is 0 Å². The van der Waals surface area contributed by atoms with E-state index in [1.807, 2.05) is 0 Å². The molecule has 0 spiro atoms. The summed E-state index contributed by atoms with van der Waals surface area (Å²) in [7, 11) is 0. The van der Waals surface area contributed by atoms with Crippen molar-refractivity contribution in [1.29, 1.82) is 0 Å². The second-order valence-corrected chi connectivity index (χ2v) is 6.18. The van der Waals surface area contributed by atoms with Crippen LogP contribution < -0.4 is 0 Å². The lowest BCUT2D eigenvalue weighted by Gasteiger charge is -2.47. The SMILES string of the molecule is C1CCN(C2CSCCN2N2CCOCC2)C1. The Kier molecular flexibility index (Phi) is 4.24. The first-order valence-corrected chi connectivity index (χ1v) is 8.02. The number of hydrogen-bond acceptors (Lipinski definition) is 5. The van der Waals surface area contributed by atoms with Gasteiger partial charge >= 0.3 is 0 Å². The standard InChI is InChI=1S/C12H23N3OS/c1-2-4-13(3-1)12-11-17-10-7-15(12)14-5-8-16-9-6-14/h12H,1-11H2. The monoisotopic (exact) mass is 257 g/mol. The summed E-state index contributed by atoms with van der Waals surface area (Å²) in [6.45, 7) is 7.76. The van der Waals surface area contributed by atoms with Crippen LogP contribution in [-0.2, 0) is 4.74 Å². The first-order valence-electron chi connectivity index (χ1n) is 6.86. The highest BCUT2D eigenvalue weighted by atomic mass is 32.2. The highest BCUT2D eigenvalue weighted by Gasteiger charge is 2.33. The molecule has 0 radical (unpaired) electrons. The first kappa shape index (κ1) is 12.2. The van der Waals surface area contributed by atoms with Crippen molar-refractivity contribution >= 4 is 11.8 Å². The van der Waals surface area contributed by atoms with Gasteiger partial charge in [-0.15, -0.1) is 0 Å². The fourth-order valence-corrected chi connectivity index (χ4v) is 4.13. The van der Waals surface area contributed by atoms with E-state index in [9.17, 15) is 0 Å². The molecule has 3 fully saturated rings. The van der Waals surface area contributed by atoms with Crippen molar-refractivity contribution in [2.75, 3.05) is 57.4 Å². The number of rotatable bonds is 2. The largest absolute Gasteiger partial charge is 0.379 e. The van der Waals surface area contributed by atoms with E-state index in [1.54, 1.807) is 0 Å². The summed E-state index contributed by atoms with van der Waals surface area (Å²) < 4.78 is 5.46. The third kappa shape index (κ3) is 2.79. The highest BCUT2D eigenvalue weighted by molar-refractivity contribution is 7.99. The van der Waals surface area contributed by atoms with Gasteiger partial charge in [0.1, 0.15) is 0 Å². The van der Waals surface area contributed by atoms with E-state index in [4.69, 9.17) is 4.74 Å². The lowest BCUT2D eigenvalue weighted by molar-refractivity contribution is -0.137. The zero-order valence-corrected chi connectivity index (χ0v) is 11.3. The van der Waals surface area contributed by atoms with Crippen molar-refractivity contribution in [2.45, 2.75) is 19.0 Å². The van der Waals surface area contributed by atoms with Crippen LogP contribution in [0.15, 0.2) is 0 Å². The molecule has 1 atom stereocenters. The van der Waals surface area contributed by atoms with Crippen molar-refractivity contribution in [3.8, 4) is 0 Å². The maximum Gasteiger partial charge on any atom is 0.0852 e. The fraction of sp³-hybridized carbons (Fsp3) is 1.00. The van der Waals surface area contributed by atoms with E-state index in [0.29, 0.717) is 6.17 Å². The van der Waals surface area contributed by atoms with Crippen LogP contribution in [0, 0.1) is 0 Å². The molecule has 3 aliphatic rings. The molecular weight excluding hydrogens is 234 g/mol. The van der Waals surface area contributed by atoms with Crippen molar-refractivity contribution in [3.63, 3.8) is 0 Å².